The molecule has 0 aliphatic rings. The van der Waals surface area contributed by atoms with E-state index in [0.29, 0.717) is 0 Å². The van der Waals surface area contributed by atoms with E-state index in [0.717, 1.165) is 14.3 Å². The Morgan fingerprint density at radius 1 is 1.23 bits per heavy atom. The summed E-state index contributed by atoms with van der Waals surface area (Å²) in [5.41, 5.74) is 0. The molecule has 13 heavy (non-hydrogen) atoms. The van der Waals surface area contributed by atoms with Gasteiger partial charge in [-0.1, -0.05) is 0 Å². The van der Waals surface area contributed by atoms with Gasteiger partial charge in [0.05, 0.1) is 4.21 Å². The first-order valence-electron chi connectivity index (χ1n) is 3.70. The number of aromatic hydroxyl groups is 2. The second kappa shape index (κ2) is 3.12. The molecule has 1 heterocycles. The highest BCUT2D eigenvalue weighted by atomic mass is 32.2. The number of thioether (sulfide) groups is 1. The zero-order valence-electron chi connectivity index (χ0n) is 6.94. The average molecular weight is 212 g/mol. The van der Waals surface area contributed by atoms with Crippen molar-refractivity contribution in [2.24, 2.45) is 0 Å². The third-order valence-corrected chi connectivity index (χ3v) is 3.93. The minimum absolute atomic E-state index is 0.111. The van der Waals surface area contributed by atoms with Crippen molar-refractivity contribution in [3.63, 3.8) is 0 Å². The van der Waals surface area contributed by atoms with Gasteiger partial charge in [-0.25, -0.2) is 0 Å². The monoisotopic (exact) mass is 212 g/mol. The molecule has 0 atom stereocenters. The summed E-state index contributed by atoms with van der Waals surface area (Å²) in [5.74, 6) is 0.256. The molecule has 0 aliphatic carbocycles. The molecular formula is C9H8O2S2. The first-order chi connectivity index (χ1) is 6.20. The maximum atomic E-state index is 9.50. The lowest BCUT2D eigenvalue weighted by Crippen LogP contribution is -1.66. The molecule has 0 bridgehead atoms. The quantitative estimate of drug-likeness (QED) is 0.714. The summed E-state index contributed by atoms with van der Waals surface area (Å²) in [6.45, 7) is 0. The van der Waals surface area contributed by atoms with Gasteiger partial charge < -0.3 is 10.2 Å². The maximum Gasteiger partial charge on any atom is 0.127 e. The second-order valence-corrected chi connectivity index (χ2v) is 4.84. The Morgan fingerprint density at radius 3 is 2.69 bits per heavy atom. The van der Waals surface area contributed by atoms with Gasteiger partial charge in [-0.05, 0) is 18.4 Å². The molecule has 0 spiro atoms. The predicted octanol–water partition coefficient (Wildman–Crippen LogP) is 3.03. The van der Waals surface area contributed by atoms with Crippen molar-refractivity contribution in [1.82, 2.24) is 0 Å². The Balaban J connectivity index is 2.75. The fourth-order valence-electron chi connectivity index (χ4n) is 1.18. The Labute approximate surface area is 83.8 Å². The van der Waals surface area contributed by atoms with Crippen molar-refractivity contribution in [3.05, 3.63) is 18.2 Å². The zero-order valence-corrected chi connectivity index (χ0v) is 8.58. The van der Waals surface area contributed by atoms with Gasteiger partial charge in [0.2, 0.25) is 0 Å². The Kier molecular flexibility index (Phi) is 2.09. The van der Waals surface area contributed by atoms with Crippen LogP contribution in [0.1, 0.15) is 0 Å². The Hall–Kier alpha value is -0.870. The molecule has 4 heteroatoms. The molecule has 2 rings (SSSR count). The van der Waals surface area contributed by atoms with Gasteiger partial charge in [-0.2, -0.15) is 0 Å². The molecule has 0 amide bonds. The fourth-order valence-corrected chi connectivity index (χ4v) is 2.87. The second-order valence-electron chi connectivity index (χ2n) is 2.65. The average Bonchev–Trinajstić information content (AvgIpc) is 2.47. The number of hydrogen-bond acceptors (Lipinski definition) is 4. The van der Waals surface area contributed by atoms with E-state index in [4.69, 9.17) is 0 Å². The van der Waals surface area contributed by atoms with Crippen LogP contribution < -0.4 is 0 Å². The van der Waals surface area contributed by atoms with Gasteiger partial charge in [0.25, 0.3) is 0 Å². The third-order valence-electron chi connectivity index (χ3n) is 1.78. The van der Waals surface area contributed by atoms with Crippen LogP contribution in [0, 0.1) is 0 Å². The molecule has 0 saturated heterocycles. The van der Waals surface area contributed by atoms with Crippen molar-refractivity contribution in [2.45, 2.75) is 4.21 Å². The predicted molar refractivity (Wildman–Crippen MR) is 56.9 cm³/mol. The standard InChI is InChI=1S/C9H8O2S2/c1-12-9-4-6-7(11)2-5(10)3-8(6)13-9/h2-4,10-11H,1H3. The minimum atomic E-state index is 0.111. The first kappa shape index (κ1) is 8.72. The third kappa shape index (κ3) is 1.47. The van der Waals surface area contributed by atoms with E-state index >= 15 is 0 Å². The van der Waals surface area contributed by atoms with Crippen LogP contribution in [0.4, 0.5) is 0 Å². The summed E-state index contributed by atoms with van der Waals surface area (Å²) in [7, 11) is 0. The molecule has 0 unspecified atom stereocenters. The van der Waals surface area contributed by atoms with E-state index in [1.54, 1.807) is 29.2 Å². The van der Waals surface area contributed by atoms with E-state index in [-0.39, 0.29) is 11.5 Å². The number of thiophene rings is 1. The molecule has 2 aromatic rings. The van der Waals surface area contributed by atoms with Crippen LogP contribution >= 0.6 is 23.1 Å². The van der Waals surface area contributed by atoms with Crippen LogP contribution in [0.5, 0.6) is 11.5 Å². The number of hydrogen-bond donors (Lipinski definition) is 2. The van der Waals surface area contributed by atoms with Crippen molar-refractivity contribution in [1.29, 1.82) is 0 Å². The van der Waals surface area contributed by atoms with Gasteiger partial charge in [-0.15, -0.1) is 23.1 Å². The van der Waals surface area contributed by atoms with Crippen LogP contribution in [0.15, 0.2) is 22.4 Å². The number of rotatable bonds is 1. The maximum absolute atomic E-state index is 9.50. The summed E-state index contributed by atoms with van der Waals surface area (Å²) in [5, 5.41) is 19.5. The molecule has 0 aliphatic heterocycles. The first-order valence-corrected chi connectivity index (χ1v) is 5.74. The van der Waals surface area contributed by atoms with Crippen molar-refractivity contribution < 1.29 is 10.2 Å². The molecule has 1 aromatic heterocycles. The van der Waals surface area contributed by atoms with E-state index < -0.39 is 0 Å². The topological polar surface area (TPSA) is 40.5 Å². The molecule has 2 nitrogen and oxygen atoms in total. The molecule has 68 valence electrons. The minimum Gasteiger partial charge on any atom is -0.508 e. The summed E-state index contributed by atoms with van der Waals surface area (Å²) in [6, 6.07) is 4.96. The normalized spacial score (nSPS) is 10.8. The highest BCUT2D eigenvalue weighted by Crippen LogP contribution is 2.38. The van der Waals surface area contributed by atoms with Crippen LogP contribution in [0.25, 0.3) is 10.1 Å². The fraction of sp³-hybridized carbons (Fsp3) is 0.111. The largest absolute Gasteiger partial charge is 0.508 e. The number of fused-ring (bicyclic) bond motifs is 1. The SMILES string of the molecule is CSc1cc2c(O)cc(O)cc2s1. The van der Waals surface area contributed by atoms with Crippen LogP contribution in [0.3, 0.4) is 0 Å². The molecule has 1 aromatic carbocycles. The number of phenols is 2. The Bertz CT molecular complexity index is 448. The van der Waals surface area contributed by atoms with Gasteiger partial charge in [0.15, 0.2) is 0 Å². The van der Waals surface area contributed by atoms with E-state index in [9.17, 15) is 10.2 Å². The van der Waals surface area contributed by atoms with Crippen LogP contribution in [-0.2, 0) is 0 Å². The van der Waals surface area contributed by atoms with Crippen LogP contribution in [-0.4, -0.2) is 16.5 Å². The summed E-state index contributed by atoms with van der Waals surface area (Å²) in [6.07, 6.45) is 1.99. The van der Waals surface area contributed by atoms with Crippen LogP contribution in [0.2, 0.25) is 0 Å². The smallest absolute Gasteiger partial charge is 0.127 e. The lowest BCUT2D eigenvalue weighted by molar-refractivity contribution is 0.455. The van der Waals surface area contributed by atoms with Crippen molar-refractivity contribution >= 4 is 33.2 Å². The lowest BCUT2D eigenvalue weighted by Gasteiger charge is -1.95. The molecule has 2 N–H and O–H groups in total. The Morgan fingerprint density at radius 2 is 2.00 bits per heavy atom. The molecule has 0 saturated carbocycles. The lowest BCUT2D eigenvalue weighted by atomic mass is 10.2. The highest BCUT2D eigenvalue weighted by molar-refractivity contribution is 8.00. The van der Waals surface area contributed by atoms with E-state index in [2.05, 4.69) is 0 Å². The molecular weight excluding hydrogens is 204 g/mol. The van der Waals surface area contributed by atoms with Crippen molar-refractivity contribution in [3.8, 4) is 11.5 Å². The molecule has 0 fully saturated rings. The summed E-state index contributed by atoms with van der Waals surface area (Å²) >= 11 is 3.20. The van der Waals surface area contributed by atoms with E-state index in [1.807, 2.05) is 12.3 Å². The summed E-state index contributed by atoms with van der Waals surface area (Å²) in [4.78, 5) is 0. The number of phenolic OH excluding ortho intramolecular Hbond substituents is 2. The van der Waals surface area contributed by atoms with Gasteiger partial charge in [-0.3, -0.25) is 0 Å². The van der Waals surface area contributed by atoms with Gasteiger partial charge >= 0.3 is 0 Å². The summed E-state index contributed by atoms with van der Waals surface area (Å²) < 4.78 is 2.05. The highest BCUT2D eigenvalue weighted by Gasteiger charge is 2.06. The van der Waals surface area contributed by atoms with E-state index in [1.165, 1.54) is 6.07 Å². The van der Waals surface area contributed by atoms with Gasteiger partial charge in [0, 0.05) is 16.2 Å². The van der Waals surface area contributed by atoms with Gasteiger partial charge in [0.1, 0.15) is 11.5 Å². The van der Waals surface area contributed by atoms with Crippen molar-refractivity contribution in [2.75, 3.05) is 6.26 Å². The number of benzene rings is 1. The molecule has 0 radical (unpaired) electrons. The zero-order chi connectivity index (χ0) is 9.42.